The third kappa shape index (κ3) is 7.79. The molecule has 1 aromatic heterocycles. The van der Waals surface area contributed by atoms with Crippen LogP contribution in [0.2, 0.25) is 0 Å². The Hall–Kier alpha value is -4.58. The molecule has 46 heavy (non-hydrogen) atoms. The molecule has 0 saturated carbocycles. The van der Waals surface area contributed by atoms with Crippen LogP contribution in [-0.4, -0.2) is 44.1 Å². The number of aromatic nitrogens is 3. The zero-order chi connectivity index (χ0) is 33.0. The Morgan fingerprint density at radius 3 is 2.41 bits per heavy atom. The van der Waals surface area contributed by atoms with Crippen LogP contribution < -0.4 is 15.0 Å². The molecule has 2 amide bonds. The number of alkyl halides is 3. The number of anilines is 1. The van der Waals surface area contributed by atoms with Gasteiger partial charge in [0.25, 0.3) is 0 Å². The molecule has 3 aromatic carbocycles. The predicted octanol–water partition coefficient (Wildman–Crippen LogP) is 8.80. The largest absolute Gasteiger partial charge is 0.573 e. The van der Waals surface area contributed by atoms with Crippen molar-refractivity contribution in [3.63, 3.8) is 0 Å². The number of carbonyl (C=O) groups excluding carboxylic acids is 1. The lowest BCUT2D eigenvalue weighted by atomic mass is 9.99. The van der Waals surface area contributed by atoms with Crippen LogP contribution in [0.5, 0.6) is 5.75 Å². The van der Waals surface area contributed by atoms with Gasteiger partial charge in [-0.15, -0.1) is 18.3 Å². The normalized spacial score (nSPS) is 16.8. The maximum absolute atomic E-state index is 13.1. The van der Waals surface area contributed by atoms with Crippen molar-refractivity contribution < 1.29 is 22.7 Å². The summed E-state index contributed by atoms with van der Waals surface area (Å²) in [7, 11) is 0. The van der Waals surface area contributed by atoms with Crippen LogP contribution in [0.25, 0.3) is 22.6 Å². The number of amidine groups is 1. The van der Waals surface area contributed by atoms with Gasteiger partial charge in [-0.3, -0.25) is 0 Å². The summed E-state index contributed by atoms with van der Waals surface area (Å²) < 4.78 is 42.8. The quantitative estimate of drug-likeness (QED) is 0.216. The Morgan fingerprint density at radius 1 is 1.04 bits per heavy atom. The van der Waals surface area contributed by atoms with Crippen molar-refractivity contribution in [2.45, 2.75) is 59.4 Å². The summed E-state index contributed by atoms with van der Waals surface area (Å²) >= 11 is 1.59. The molecule has 0 spiro atoms. The Kier molecular flexibility index (Phi) is 9.85. The van der Waals surface area contributed by atoms with Crippen LogP contribution in [0.4, 0.5) is 23.7 Å². The lowest BCUT2D eigenvalue weighted by Gasteiger charge is -2.37. The van der Waals surface area contributed by atoms with Gasteiger partial charge in [-0.1, -0.05) is 68.1 Å². The fraction of sp³-hybridized carbons (Fsp3) is 0.294. The van der Waals surface area contributed by atoms with Crippen LogP contribution in [-0.2, 0) is 0 Å². The molecule has 2 heterocycles. The lowest BCUT2D eigenvalue weighted by molar-refractivity contribution is -0.274. The number of thioether (sulfide) groups is 1. The van der Waals surface area contributed by atoms with Crippen molar-refractivity contribution in [2.75, 3.05) is 10.7 Å². The van der Waals surface area contributed by atoms with Crippen molar-refractivity contribution >= 4 is 34.2 Å². The van der Waals surface area contributed by atoms with Gasteiger partial charge in [0.15, 0.2) is 11.0 Å². The maximum Gasteiger partial charge on any atom is 0.573 e. The third-order valence-corrected chi connectivity index (χ3v) is 8.67. The van der Waals surface area contributed by atoms with Crippen LogP contribution >= 0.6 is 11.8 Å². The first kappa shape index (κ1) is 32.8. The first-order valence-electron chi connectivity index (χ1n) is 14.9. The topological polar surface area (TPSA) is 84.6 Å². The fourth-order valence-electron chi connectivity index (χ4n) is 5.10. The Labute approximate surface area is 270 Å². The molecule has 1 unspecified atom stereocenters. The minimum absolute atomic E-state index is 0.212. The highest BCUT2D eigenvalue weighted by atomic mass is 32.2. The zero-order valence-electron chi connectivity index (χ0n) is 26.2. The highest BCUT2D eigenvalue weighted by Crippen LogP contribution is 2.35. The van der Waals surface area contributed by atoms with Crippen molar-refractivity contribution in [3.8, 4) is 22.8 Å². The molecule has 5 rings (SSSR count). The van der Waals surface area contributed by atoms with E-state index in [4.69, 9.17) is 0 Å². The first-order valence-corrected chi connectivity index (χ1v) is 15.8. The zero-order valence-corrected chi connectivity index (χ0v) is 27.0. The number of nitrogens with one attached hydrogen (secondary N) is 1. The van der Waals surface area contributed by atoms with E-state index in [0.717, 1.165) is 34.6 Å². The van der Waals surface area contributed by atoms with E-state index < -0.39 is 12.4 Å². The summed E-state index contributed by atoms with van der Waals surface area (Å²) in [5, 5.41) is 8.10. The molecule has 240 valence electrons. The second-order valence-corrected chi connectivity index (χ2v) is 12.3. The number of carbonyl (C=O) groups is 1. The maximum atomic E-state index is 13.1. The molecule has 0 radical (unpaired) electrons. The summed E-state index contributed by atoms with van der Waals surface area (Å²) in [5.41, 5.74) is 6.06. The summed E-state index contributed by atoms with van der Waals surface area (Å²) in [6.07, 6.45) is -2.27. The molecular formula is C34H35F3N6O2S. The van der Waals surface area contributed by atoms with Crippen LogP contribution in [0, 0.1) is 0 Å². The number of rotatable bonds is 7. The standard InChI is InChI=1S/C34H35F3N6O2S/c1-21(2)29-8-6-7-9-30(29)43-22(3)18-19-46-33(43)40-32(44)39-24(5)23(4)25-10-12-26(13-11-25)31-38-20-42(41-31)27-14-16-28(17-15-27)45-34(35,36)37/h6-17,20-22H,18-19H2,1-5H3,(H,39,44)/b24-23+,40-33-. The van der Waals surface area contributed by atoms with Crippen LogP contribution in [0.15, 0.2) is 89.8 Å². The fourth-order valence-corrected chi connectivity index (χ4v) is 6.31. The molecular weight excluding hydrogens is 613 g/mol. The molecule has 1 atom stereocenters. The van der Waals surface area contributed by atoms with E-state index in [0.29, 0.717) is 28.3 Å². The number of benzene rings is 3. The van der Waals surface area contributed by atoms with E-state index in [9.17, 15) is 18.0 Å². The van der Waals surface area contributed by atoms with Gasteiger partial charge >= 0.3 is 12.4 Å². The van der Waals surface area contributed by atoms with Crippen molar-refractivity contribution in [1.29, 1.82) is 0 Å². The molecule has 1 saturated heterocycles. The smallest absolute Gasteiger partial charge is 0.406 e. The predicted molar refractivity (Wildman–Crippen MR) is 177 cm³/mol. The molecule has 1 aliphatic rings. The van der Waals surface area contributed by atoms with Crippen molar-refractivity contribution in [3.05, 3.63) is 95.9 Å². The summed E-state index contributed by atoms with van der Waals surface area (Å²) in [4.78, 5) is 24.2. The van der Waals surface area contributed by atoms with Crippen LogP contribution in [0.3, 0.4) is 0 Å². The number of urea groups is 1. The highest BCUT2D eigenvalue weighted by molar-refractivity contribution is 8.14. The summed E-state index contributed by atoms with van der Waals surface area (Å²) in [5.74, 6) is 1.36. The van der Waals surface area contributed by atoms with Gasteiger partial charge in [0.1, 0.15) is 12.1 Å². The molecule has 8 nitrogen and oxygen atoms in total. The molecule has 12 heteroatoms. The van der Waals surface area contributed by atoms with E-state index in [2.05, 4.69) is 62.9 Å². The van der Waals surface area contributed by atoms with Crippen LogP contribution in [0.1, 0.15) is 58.1 Å². The van der Waals surface area contributed by atoms with Gasteiger partial charge in [0.2, 0.25) is 0 Å². The summed E-state index contributed by atoms with van der Waals surface area (Å²) in [6.45, 7) is 10.3. The van der Waals surface area contributed by atoms with Gasteiger partial charge in [-0.25, -0.2) is 14.5 Å². The number of amides is 2. The molecule has 4 aromatic rings. The van der Waals surface area contributed by atoms with Gasteiger partial charge < -0.3 is 15.0 Å². The van der Waals surface area contributed by atoms with Gasteiger partial charge in [0, 0.05) is 28.7 Å². The lowest BCUT2D eigenvalue weighted by Crippen LogP contribution is -2.42. The minimum Gasteiger partial charge on any atom is -0.406 e. The average molecular weight is 649 g/mol. The SMILES string of the molecule is C/C(NC(=O)/N=C1\SCCC(C)N1c1ccccc1C(C)C)=C(/C)c1ccc(-c2ncn(-c3ccc(OC(F)(F)F)cc3)n2)cc1. The number of para-hydroxylation sites is 1. The Morgan fingerprint density at radius 2 is 1.74 bits per heavy atom. The first-order chi connectivity index (χ1) is 21.9. The number of nitrogens with zero attached hydrogens (tertiary/aromatic N) is 5. The van der Waals surface area contributed by atoms with Gasteiger partial charge in [-0.05, 0) is 80.1 Å². The third-order valence-electron chi connectivity index (χ3n) is 7.69. The van der Waals surface area contributed by atoms with E-state index in [1.54, 1.807) is 11.8 Å². The van der Waals surface area contributed by atoms with E-state index >= 15 is 0 Å². The van der Waals surface area contributed by atoms with E-state index in [1.807, 2.05) is 50.2 Å². The van der Waals surface area contributed by atoms with E-state index in [-0.39, 0.29) is 11.8 Å². The molecule has 1 aliphatic heterocycles. The second-order valence-electron chi connectivity index (χ2n) is 11.3. The average Bonchev–Trinajstić information content (AvgIpc) is 3.51. The second kappa shape index (κ2) is 13.8. The number of allylic oxidation sites excluding steroid dienone is 2. The molecule has 0 bridgehead atoms. The Balaban J connectivity index is 1.28. The molecule has 0 aliphatic carbocycles. The number of halogens is 3. The van der Waals surface area contributed by atoms with Crippen molar-refractivity contribution in [2.24, 2.45) is 4.99 Å². The number of aliphatic imine (C=N–C) groups is 1. The van der Waals surface area contributed by atoms with E-state index in [1.165, 1.54) is 40.8 Å². The number of hydrogen-bond donors (Lipinski definition) is 1. The Bertz CT molecular complexity index is 1750. The van der Waals surface area contributed by atoms with Gasteiger partial charge in [0.05, 0.1) is 5.69 Å². The number of hydrogen-bond acceptors (Lipinski definition) is 5. The monoisotopic (exact) mass is 648 g/mol. The highest BCUT2D eigenvalue weighted by Gasteiger charge is 2.31. The molecule has 1 N–H and O–H groups in total. The minimum atomic E-state index is -4.75. The van der Waals surface area contributed by atoms with Crippen molar-refractivity contribution in [1.82, 2.24) is 20.1 Å². The molecule has 1 fully saturated rings. The summed E-state index contributed by atoms with van der Waals surface area (Å²) in [6, 6.07) is 21.0. The van der Waals surface area contributed by atoms with Gasteiger partial charge in [-0.2, -0.15) is 4.99 Å². The number of ether oxygens (including phenoxy) is 1.